The van der Waals surface area contributed by atoms with E-state index in [9.17, 15) is 28.8 Å². The minimum atomic E-state index is -0.844. The van der Waals surface area contributed by atoms with E-state index in [1.807, 2.05) is 18.4 Å². The van der Waals surface area contributed by atoms with Crippen molar-refractivity contribution in [3.05, 3.63) is 120 Å². The van der Waals surface area contributed by atoms with Gasteiger partial charge >= 0.3 is 5.69 Å². The fraction of sp³-hybridized carbons (Fsp3) is 0.302. The molecule has 0 spiro atoms. The highest BCUT2D eigenvalue weighted by Gasteiger charge is 2.46. The van der Waals surface area contributed by atoms with Gasteiger partial charge in [0.2, 0.25) is 17.7 Å². The molecule has 62 heavy (non-hydrogen) atoms. The number of nitrogens with zero attached hydrogens (tertiary/aromatic N) is 8. The van der Waals surface area contributed by atoms with Crippen LogP contribution in [0.2, 0.25) is 10.0 Å². The first-order valence-corrected chi connectivity index (χ1v) is 20.5. The normalized spacial score (nSPS) is 17.8. The van der Waals surface area contributed by atoms with E-state index < -0.39 is 41.3 Å². The van der Waals surface area contributed by atoms with E-state index in [0.29, 0.717) is 44.5 Å². The van der Waals surface area contributed by atoms with Gasteiger partial charge in [0.15, 0.2) is 5.69 Å². The Bertz CT molecular complexity index is 3000. The molecule has 7 heterocycles. The number of rotatable bonds is 9. The molecule has 17 nitrogen and oxygen atoms in total. The Kier molecular flexibility index (Phi) is 10.1. The highest BCUT2D eigenvalue weighted by Crippen LogP contribution is 2.45. The lowest BCUT2D eigenvalue weighted by atomic mass is 10.0. The molecule has 0 bridgehead atoms. The lowest BCUT2D eigenvalue weighted by molar-refractivity contribution is -0.135. The fourth-order valence-electron chi connectivity index (χ4n) is 8.62. The minimum absolute atomic E-state index is 0.0786. The van der Waals surface area contributed by atoms with Gasteiger partial charge in [-0.2, -0.15) is 0 Å². The van der Waals surface area contributed by atoms with Gasteiger partial charge in [-0.05, 0) is 62.2 Å². The summed E-state index contributed by atoms with van der Waals surface area (Å²) >= 11 is 12.7. The third-order valence-electron chi connectivity index (χ3n) is 11.5. The van der Waals surface area contributed by atoms with Gasteiger partial charge in [-0.1, -0.05) is 41.4 Å². The van der Waals surface area contributed by atoms with Gasteiger partial charge in [0.25, 0.3) is 17.4 Å². The quantitative estimate of drug-likeness (QED) is 0.198. The molecule has 2 saturated heterocycles. The van der Waals surface area contributed by atoms with E-state index >= 15 is 0 Å². The van der Waals surface area contributed by atoms with Crippen LogP contribution < -0.4 is 30.9 Å². The van der Waals surface area contributed by atoms with Crippen molar-refractivity contribution in [2.45, 2.75) is 50.9 Å². The number of para-hydroxylation sites is 1. The molecule has 2 atom stereocenters. The zero-order chi connectivity index (χ0) is 43.9. The van der Waals surface area contributed by atoms with Crippen LogP contribution in [0.3, 0.4) is 0 Å². The molecule has 9 rings (SSSR count). The number of nitrogens with one attached hydrogen (secondary N) is 1. The third-order valence-corrected chi connectivity index (χ3v) is 12.0. The number of piperidine rings is 1. The molecule has 3 aliphatic heterocycles. The predicted octanol–water partition coefficient (Wildman–Crippen LogP) is 4.82. The number of aromatic nitrogens is 6. The number of imidazole rings is 2. The second kappa shape index (κ2) is 15.3. The molecule has 0 radical (unpaired) electrons. The lowest BCUT2D eigenvalue weighted by Crippen LogP contribution is -2.56. The summed E-state index contributed by atoms with van der Waals surface area (Å²) in [4.78, 5) is 92.5. The highest BCUT2D eigenvalue weighted by atomic mass is 35.5. The Morgan fingerprint density at radius 3 is 2.40 bits per heavy atom. The summed E-state index contributed by atoms with van der Waals surface area (Å²) in [6.07, 6.45) is 2.79. The number of carbonyl (C=O) groups is 4. The Morgan fingerprint density at radius 1 is 0.968 bits per heavy atom. The van der Waals surface area contributed by atoms with Crippen molar-refractivity contribution < 1.29 is 28.7 Å². The summed E-state index contributed by atoms with van der Waals surface area (Å²) in [7, 11) is 4.61. The van der Waals surface area contributed by atoms with Gasteiger partial charge in [0.1, 0.15) is 41.0 Å². The second-order valence-corrected chi connectivity index (χ2v) is 16.6. The van der Waals surface area contributed by atoms with Crippen LogP contribution in [0.15, 0.2) is 76.6 Å². The number of halogens is 2. The topological polar surface area (TPSA) is 185 Å². The number of benzene rings is 2. The van der Waals surface area contributed by atoms with Crippen LogP contribution in [0, 0.1) is 0 Å². The van der Waals surface area contributed by atoms with E-state index in [2.05, 4.69) is 10.3 Å². The Balaban J connectivity index is 1.02. The van der Waals surface area contributed by atoms with Crippen molar-refractivity contribution in [2.75, 3.05) is 25.1 Å². The van der Waals surface area contributed by atoms with E-state index in [4.69, 9.17) is 37.7 Å². The number of carbonyl (C=O) groups excluding carboxylic acids is 4. The number of ether oxygens (including phenoxy) is 2. The number of pyridine rings is 2. The van der Waals surface area contributed by atoms with Gasteiger partial charge in [-0.3, -0.25) is 43.3 Å². The maximum absolute atomic E-state index is 14.5. The molecular formula is C43H39Cl2N9O8. The van der Waals surface area contributed by atoms with Crippen molar-refractivity contribution in [2.24, 2.45) is 14.1 Å². The molecular weight excluding hydrogens is 841 g/mol. The van der Waals surface area contributed by atoms with Crippen LogP contribution in [0.25, 0.3) is 22.4 Å². The van der Waals surface area contributed by atoms with Crippen LogP contribution in [-0.2, 0) is 23.7 Å². The first-order chi connectivity index (χ1) is 29.7. The molecule has 4 aromatic heterocycles. The fourth-order valence-corrected chi connectivity index (χ4v) is 8.99. The monoisotopic (exact) mass is 879 g/mol. The van der Waals surface area contributed by atoms with Crippen LogP contribution in [0.5, 0.6) is 11.6 Å². The van der Waals surface area contributed by atoms with Gasteiger partial charge in [-0.25, -0.2) is 14.8 Å². The summed E-state index contributed by atoms with van der Waals surface area (Å²) in [5, 5.41) is 3.08. The van der Waals surface area contributed by atoms with E-state index in [1.54, 1.807) is 67.5 Å². The van der Waals surface area contributed by atoms with E-state index in [-0.39, 0.29) is 71.6 Å². The summed E-state index contributed by atoms with van der Waals surface area (Å²) < 4.78 is 18.1. The molecule has 19 heteroatoms. The van der Waals surface area contributed by atoms with Crippen LogP contribution in [0.4, 0.5) is 5.69 Å². The van der Waals surface area contributed by atoms with Crippen molar-refractivity contribution in [3.8, 4) is 23.0 Å². The van der Waals surface area contributed by atoms with Crippen molar-refractivity contribution in [3.63, 3.8) is 0 Å². The number of likely N-dealkylation sites (tertiary alicyclic amines) is 1. The number of fused-ring (bicyclic) bond motifs is 2. The number of imide groups is 1. The van der Waals surface area contributed by atoms with Crippen LogP contribution in [-0.4, -0.2) is 83.1 Å². The summed E-state index contributed by atoms with van der Waals surface area (Å²) in [6.45, 7) is 4.33. The van der Waals surface area contributed by atoms with E-state index in [1.165, 1.54) is 44.2 Å². The molecule has 3 aliphatic rings. The number of methoxy groups -OCH3 is 1. The standard InChI is InChI=1S/C43H39Cl2N9O8/c1-21(2)52-36-33(42(59)54(30-16-25(45)18-49(3)41(30)58)34(36)22-9-11-24(44)12-10-22)48-37(52)27-15-23(17-46-39(27)61-5)40(57)51-19-26(20-51)62-31-8-6-7-28-35(31)50(4)43(60)53(28)29-13-14-32(55)47-38(29)56/h6-12,15-18,21,26,29,34H,13-14,19-20H2,1-5H3,(H,47,55,56)/t29?,34-/m0/s1. The molecule has 6 aromatic rings. The molecule has 1 unspecified atom stereocenters. The average molecular weight is 881 g/mol. The second-order valence-electron chi connectivity index (χ2n) is 15.8. The maximum Gasteiger partial charge on any atom is 0.329 e. The SMILES string of the molecule is COc1ncc(C(=O)N2CC(Oc3cccc4c3n(C)c(=O)n4C3CCC(=O)NC3=O)C2)cc1-c1nc2c(n1C(C)C)[C@H](c1ccc(Cl)cc1)N(c1cc(Cl)cn(C)c1=O)C2=O. The number of hydrogen-bond donors (Lipinski definition) is 1. The Labute approximate surface area is 363 Å². The van der Waals surface area contributed by atoms with Gasteiger partial charge < -0.3 is 23.5 Å². The van der Waals surface area contributed by atoms with Crippen molar-refractivity contribution in [1.29, 1.82) is 0 Å². The molecule has 4 amide bonds. The Morgan fingerprint density at radius 2 is 1.71 bits per heavy atom. The number of hydrogen-bond acceptors (Lipinski definition) is 10. The van der Waals surface area contributed by atoms with Crippen LogP contribution in [0.1, 0.15) is 76.9 Å². The minimum Gasteiger partial charge on any atom is -0.484 e. The van der Waals surface area contributed by atoms with Crippen LogP contribution >= 0.6 is 23.2 Å². The molecule has 2 aromatic carbocycles. The molecule has 2 fully saturated rings. The van der Waals surface area contributed by atoms with Gasteiger partial charge in [0, 0.05) is 44.0 Å². The molecule has 0 aliphatic carbocycles. The molecule has 0 saturated carbocycles. The average Bonchev–Trinajstić information content (AvgIpc) is 3.84. The van der Waals surface area contributed by atoms with E-state index in [0.717, 1.165) is 0 Å². The highest BCUT2D eigenvalue weighted by molar-refractivity contribution is 6.31. The summed E-state index contributed by atoms with van der Waals surface area (Å²) in [5.41, 5.74) is 2.12. The number of anilines is 1. The largest absolute Gasteiger partial charge is 0.484 e. The summed E-state index contributed by atoms with van der Waals surface area (Å²) in [5.74, 6) is -0.839. The maximum atomic E-state index is 14.5. The summed E-state index contributed by atoms with van der Waals surface area (Å²) in [6, 6.07) is 13.3. The van der Waals surface area contributed by atoms with Gasteiger partial charge in [0.05, 0.1) is 47.6 Å². The predicted molar refractivity (Wildman–Crippen MR) is 228 cm³/mol. The number of aryl methyl sites for hydroxylation is 2. The first kappa shape index (κ1) is 40.7. The Hall–Kier alpha value is -6.72. The zero-order valence-corrected chi connectivity index (χ0v) is 35.6. The molecule has 318 valence electrons. The third kappa shape index (κ3) is 6.53. The lowest BCUT2D eigenvalue weighted by Gasteiger charge is -2.39. The van der Waals surface area contributed by atoms with Crippen molar-refractivity contribution in [1.82, 2.24) is 38.5 Å². The smallest absolute Gasteiger partial charge is 0.329 e. The first-order valence-electron chi connectivity index (χ1n) is 19.8. The van der Waals surface area contributed by atoms with Crippen molar-refractivity contribution >= 4 is 63.6 Å². The van der Waals surface area contributed by atoms with Gasteiger partial charge in [-0.15, -0.1) is 0 Å². The number of amides is 4. The zero-order valence-electron chi connectivity index (χ0n) is 34.1. The molecule has 1 N–H and O–H groups in total.